The number of likely N-dealkylation sites (tertiary alicyclic amines) is 1. The fourth-order valence-corrected chi connectivity index (χ4v) is 3.96. The van der Waals surface area contributed by atoms with Crippen LogP contribution in [0.25, 0.3) is 12.2 Å². The Labute approximate surface area is 206 Å². The minimum absolute atomic E-state index is 0.0349. The molecule has 0 N–H and O–H groups in total. The monoisotopic (exact) mass is 497 g/mol. The number of piperidine rings is 1. The van der Waals surface area contributed by atoms with Crippen molar-refractivity contribution in [1.29, 1.82) is 0 Å². The average Bonchev–Trinajstić information content (AvgIpc) is 2.84. The zero-order chi connectivity index (χ0) is 25.5. The summed E-state index contributed by atoms with van der Waals surface area (Å²) in [6.07, 6.45) is 3.47. The van der Waals surface area contributed by atoms with Crippen molar-refractivity contribution in [3.8, 4) is 11.5 Å². The van der Waals surface area contributed by atoms with Crippen molar-refractivity contribution in [1.82, 2.24) is 4.90 Å². The van der Waals surface area contributed by atoms with Crippen LogP contribution in [0, 0.1) is 0 Å². The number of carbonyl (C=O) groups excluding carboxylic acids is 1. The third-order valence-corrected chi connectivity index (χ3v) is 5.51. The van der Waals surface area contributed by atoms with Gasteiger partial charge in [0.2, 0.25) is 0 Å². The van der Waals surface area contributed by atoms with Crippen molar-refractivity contribution in [3.05, 3.63) is 107 Å². The topological polar surface area (TPSA) is 38.8 Å². The zero-order valence-electron chi connectivity index (χ0n) is 19.1. The molecule has 0 amide bonds. The quantitative estimate of drug-likeness (QED) is 0.265. The molecule has 0 aliphatic carbocycles. The van der Waals surface area contributed by atoms with Gasteiger partial charge in [0.1, 0.15) is 11.5 Å². The van der Waals surface area contributed by atoms with E-state index in [0.29, 0.717) is 41.9 Å². The summed E-state index contributed by atoms with van der Waals surface area (Å²) < 4.78 is 58.5. The van der Waals surface area contributed by atoms with Crippen LogP contribution in [0.2, 0.25) is 0 Å². The molecule has 0 atom stereocenters. The summed E-state index contributed by atoms with van der Waals surface area (Å²) in [6, 6.07) is 22.0. The number of nitrogens with zero attached hydrogens (tertiary/aromatic N) is 1. The van der Waals surface area contributed by atoms with E-state index in [1.807, 2.05) is 30.3 Å². The van der Waals surface area contributed by atoms with E-state index in [4.69, 9.17) is 0 Å². The van der Waals surface area contributed by atoms with Crippen molar-refractivity contribution in [3.63, 3.8) is 0 Å². The highest BCUT2D eigenvalue weighted by Crippen LogP contribution is 2.25. The first-order valence-electron chi connectivity index (χ1n) is 11.2. The first-order chi connectivity index (χ1) is 17.4. The van der Waals surface area contributed by atoms with Crippen LogP contribution in [0.1, 0.15) is 16.7 Å². The van der Waals surface area contributed by atoms with Crippen LogP contribution in [0.5, 0.6) is 11.5 Å². The number of halogens is 4. The fourth-order valence-electron chi connectivity index (χ4n) is 3.96. The van der Waals surface area contributed by atoms with Crippen LogP contribution >= 0.6 is 0 Å². The molecule has 0 unspecified atom stereocenters. The van der Waals surface area contributed by atoms with Gasteiger partial charge in [-0.05, 0) is 53.1 Å². The van der Waals surface area contributed by atoms with E-state index in [0.717, 1.165) is 5.56 Å². The van der Waals surface area contributed by atoms with Crippen LogP contribution in [0.15, 0.2) is 90.0 Å². The largest absolute Gasteiger partial charge is 0.435 e. The number of carbonyl (C=O) groups is 1. The lowest BCUT2D eigenvalue weighted by molar-refractivity contribution is -0.113. The number of Topliss-reactive ketones (excluding diaryl/α,β-unsaturated/α-hetero) is 1. The van der Waals surface area contributed by atoms with E-state index < -0.39 is 13.2 Å². The van der Waals surface area contributed by atoms with E-state index in [-0.39, 0.29) is 17.3 Å². The molecule has 4 nitrogen and oxygen atoms in total. The van der Waals surface area contributed by atoms with Crippen molar-refractivity contribution >= 4 is 17.9 Å². The maximum Gasteiger partial charge on any atom is 0.387 e. The van der Waals surface area contributed by atoms with Gasteiger partial charge < -0.3 is 9.47 Å². The predicted octanol–water partition coefficient (Wildman–Crippen LogP) is 6.44. The smallest absolute Gasteiger partial charge is 0.387 e. The lowest BCUT2D eigenvalue weighted by atomic mass is 9.94. The van der Waals surface area contributed by atoms with E-state index in [2.05, 4.69) is 14.4 Å². The van der Waals surface area contributed by atoms with Gasteiger partial charge in [0.15, 0.2) is 5.78 Å². The van der Waals surface area contributed by atoms with E-state index >= 15 is 0 Å². The van der Waals surface area contributed by atoms with Gasteiger partial charge >= 0.3 is 13.2 Å². The summed E-state index contributed by atoms with van der Waals surface area (Å²) in [5.74, 6) is -0.0690. The van der Waals surface area contributed by atoms with Crippen LogP contribution < -0.4 is 9.47 Å². The number of rotatable bonds is 8. The predicted molar refractivity (Wildman–Crippen MR) is 129 cm³/mol. The first-order valence-corrected chi connectivity index (χ1v) is 11.2. The maximum atomic E-state index is 13.3. The SMILES string of the molecule is O=C1/C(=C\c2ccc(OC(F)F)cc2)CN(Cc2ccccc2)C/C1=C/c1ccc(OC(F)F)cc1. The van der Waals surface area contributed by atoms with Crippen LogP contribution in [-0.4, -0.2) is 37.0 Å². The Hall–Kier alpha value is -3.91. The van der Waals surface area contributed by atoms with Gasteiger partial charge in [-0.2, -0.15) is 17.6 Å². The number of ketones is 1. The van der Waals surface area contributed by atoms with Gasteiger partial charge in [-0.3, -0.25) is 9.69 Å². The molecule has 3 aromatic rings. The summed E-state index contributed by atoms with van der Waals surface area (Å²) in [4.78, 5) is 15.5. The molecule has 3 aromatic carbocycles. The summed E-state index contributed by atoms with van der Waals surface area (Å²) in [6.45, 7) is -4.40. The molecule has 1 heterocycles. The zero-order valence-corrected chi connectivity index (χ0v) is 19.1. The minimum atomic E-state index is -2.91. The first kappa shape index (κ1) is 25.2. The van der Waals surface area contributed by atoms with Gasteiger partial charge in [-0.15, -0.1) is 0 Å². The van der Waals surface area contributed by atoms with E-state index in [1.54, 1.807) is 36.4 Å². The molecule has 1 saturated heterocycles. The third kappa shape index (κ3) is 7.05. The van der Waals surface area contributed by atoms with E-state index in [9.17, 15) is 22.4 Å². The molecular formula is C28H23F4NO3. The second-order valence-electron chi connectivity index (χ2n) is 8.19. The van der Waals surface area contributed by atoms with E-state index in [1.165, 1.54) is 24.3 Å². The molecule has 1 aliphatic heterocycles. The third-order valence-electron chi connectivity index (χ3n) is 5.51. The highest BCUT2D eigenvalue weighted by atomic mass is 19.3. The number of hydrogen-bond donors (Lipinski definition) is 0. The Morgan fingerprint density at radius 1 is 0.694 bits per heavy atom. The molecule has 0 saturated carbocycles. The van der Waals surface area contributed by atoms with Crippen molar-refractivity contribution in [2.24, 2.45) is 0 Å². The van der Waals surface area contributed by atoms with Crippen molar-refractivity contribution in [2.75, 3.05) is 13.1 Å². The van der Waals surface area contributed by atoms with Crippen molar-refractivity contribution in [2.45, 2.75) is 19.8 Å². The Morgan fingerprint density at radius 2 is 1.14 bits per heavy atom. The Morgan fingerprint density at radius 3 is 1.56 bits per heavy atom. The van der Waals surface area contributed by atoms with Gasteiger partial charge in [0.25, 0.3) is 0 Å². The molecule has 1 fully saturated rings. The number of ether oxygens (including phenoxy) is 2. The Bertz CT molecular complexity index is 1150. The lowest BCUT2D eigenvalue weighted by Crippen LogP contribution is -2.37. The molecule has 0 aromatic heterocycles. The number of benzene rings is 3. The summed E-state index contributed by atoms with van der Waals surface area (Å²) in [5.41, 5.74) is 3.53. The lowest BCUT2D eigenvalue weighted by Gasteiger charge is -2.30. The van der Waals surface area contributed by atoms with Gasteiger partial charge in [0.05, 0.1) is 0 Å². The Balaban J connectivity index is 1.61. The highest BCUT2D eigenvalue weighted by Gasteiger charge is 2.26. The Kier molecular flexibility index (Phi) is 8.17. The molecule has 0 radical (unpaired) electrons. The van der Waals surface area contributed by atoms with Crippen LogP contribution in [-0.2, 0) is 11.3 Å². The van der Waals surface area contributed by atoms with Gasteiger partial charge in [-0.25, -0.2) is 0 Å². The summed E-state index contributed by atoms with van der Waals surface area (Å²) in [5, 5.41) is 0. The molecule has 0 bridgehead atoms. The molecule has 1 aliphatic rings. The second-order valence-corrected chi connectivity index (χ2v) is 8.19. The molecule has 186 valence electrons. The molecular weight excluding hydrogens is 474 g/mol. The molecule has 0 spiro atoms. The fraction of sp³-hybridized carbons (Fsp3) is 0.179. The summed E-state index contributed by atoms with van der Waals surface area (Å²) >= 11 is 0. The highest BCUT2D eigenvalue weighted by molar-refractivity contribution is 6.14. The van der Waals surface area contributed by atoms with Crippen LogP contribution in [0.4, 0.5) is 17.6 Å². The normalized spacial score (nSPS) is 16.8. The average molecular weight is 497 g/mol. The minimum Gasteiger partial charge on any atom is -0.435 e. The second kappa shape index (κ2) is 11.7. The standard InChI is InChI=1S/C28H23F4NO3/c29-27(30)35-24-10-6-19(7-11-24)14-22-17-33(16-21-4-2-1-3-5-21)18-23(26(22)34)15-20-8-12-25(13-9-20)36-28(31)32/h1-15,27-28H,16-18H2/b22-14-,23-15-. The molecule has 4 rings (SSSR count). The van der Waals surface area contributed by atoms with Crippen molar-refractivity contribution < 1.29 is 31.8 Å². The number of alkyl halides is 4. The van der Waals surface area contributed by atoms with Gasteiger partial charge in [0, 0.05) is 30.8 Å². The molecule has 36 heavy (non-hydrogen) atoms. The maximum absolute atomic E-state index is 13.3. The summed E-state index contributed by atoms with van der Waals surface area (Å²) in [7, 11) is 0. The molecule has 8 heteroatoms. The van der Waals surface area contributed by atoms with Gasteiger partial charge in [-0.1, -0.05) is 54.6 Å². The number of hydrogen-bond acceptors (Lipinski definition) is 4. The van der Waals surface area contributed by atoms with Crippen LogP contribution in [0.3, 0.4) is 0 Å².